The molecule has 0 radical (unpaired) electrons. The summed E-state index contributed by atoms with van der Waals surface area (Å²) >= 11 is 0. The number of nitrogens with one attached hydrogen (secondary N) is 1. The number of aliphatic hydroxyl groups is 2. The molecular formula is C7H12N2O2. The van der Waals surface area contributed by atoms with Crippen molar-refractivity contribution in [2.75, 3.05) is 13.2 Å². The fraction of sp³-hybridized carbons (Fsp3) is 0.571. The molecule has 11 heavy (non-hydrogen) atoms. The van der Waals surface area contributed by atoms with Gasteiger partial charge in [0.25, 0.3) is 0 Å². The first-order chi connectivity index (χ1) is 5.36. The number of aromatic nitrogens is 2. The summed E-state index contributed by atoms with van der Waals surface area (Å²) in [7, 11) is 0. The predicted octanol–water partition coefficient (Wildman–Crippen LogP) is -0.521. The summed E-state index contributed by atoms with van der Waals surface area (Å²) in [5.74, 6) is 0. The van der Waals surface area contributed by atoms with E-state index in [2.05, 4.69) is 10.2 Å². The van der Waals surface area contributed by atoms with Crippen LogP contribution in [0.5, 0.6) is 0 Å². The van der Waals surface area contributed by atoms with E-state index in [-0.39, 0.29) is 13.2 Å². The highest BCUT2D eigenvalue weighted by Gasteiger charge is 1.98. The Labute approximate surface area is 64.9 Å². The minimum absolute atomic E-state index is 0.115. The maximum atomic E-state index is 8.56. The van der Waals surface area contributed by atoms with Crippen LogP contribution in [-0.4, -0.2) is 33.6 Å². The zero-order valence-electron chi connectivity index (χ0n) is 6.25. The van der Waals surface area contributed by atoms with Crippen LogP contribution in [0.25, 0.3) is 0 Å². The van der Waals surface area contributed by atoms with E-state index in [0.717, 1.165) is 11.4 Å². The van der Waals surface area contributed by atoms with Gasteiger partial charge in [0.2, 0.25) is 0 Å². The van der Waals surface area contributed by atoms with E-state index >= 15 is 0 Å². The van der Waals surface area contributed by atoms with Crippen LogP contribution in [-0.2, 0) is 12.8 Å². The monoisotopic (exact) mass is 156 g/mol. The fourth-order valence-corrected chi connectivity index (χ4v) is 0.900. The average molecular weight is 156 g/mol. The Bertz CT molecular complexity index is 189. The third-order valence-electron chi connectivity index (χ3n) is 1.43. The zero-order chi connectivity index (χ0) is 8.10. The maximum absolute atomic E-state index is 8.56. The Hall–Kier alpha value is -0.870. The van der Waals surface area contributed by atoms with Crippen molar-refractivity contribution >= 4 is 0 Å². The van der Waals surface area contributed by atoms with E-state index in [0.29, 0.717) is 12.8 Å². The molecule has 0 fully saturated rings. The van der Waals surface area contributed by atoms with Crippen molar-refractivity contribution in [3.05, 3.63) is 17.5 Å². The number of hydrogen-bond acceptors (Lipinski definition) is 3. The molecule has 0 aromatic carbocycles. The van der Waals surface area contributed by atoms with Crippen LogP contribution in [0.15, 0.2) is 6.07 Å². The Morgan fingerprint density at radius 1 is 1.27 bits per heavy atom. The van der Waals surface area contributed by atoms with Gasteiger partial charge in [0.05, 0.1) is 5.69 Å². The van der Waals surface area contributed by atoms with Crippen LogP contribution >= 0.6 is 0 Å². The molecule has 4 heteroatoms. The lowest BCUT2D eigenvalue weighted by molar-refractivity contribution is 0.298. The Morgan fingerprint density at radius 3 is 2.64 bits per heavy atom. The van der Waals surface area contributed by atoms with Crippen LogP contribution in [0.1, 0.15) is 11.4 Å². The van der Waals surface area contributed by atoms with Gasteiger partial charge in [-0.15, -0.1) is 0 Å². The van der Waals surface area contributed by atoms with Crippen LogP contribution < -0.4 is 0 Å². The van der Waals surface area contributed by atoms with Crippen LogP contribution in [0, 0.1) is 0 Å². The predicted molar refractivity (Wildman–Crippen MR) is 40.2 cm³/mol. The molecule has 4 nitrogen and oxygen atoms in total. The van der Waals surface area contributed by atoms with Crippen molar-refractivity contribution in [2.45, 2.75) is 12.8 Å². The third-order valence-corrected chi connectivity index (χ3v) is 1.43. The quantitative estimate of drug-likeness (QED) is 0.549. The Kier molecular flexibility index (Phi) is 3.07. The first-order valence-electron chi connectivity index (χ1n) is 3.61. The molecule has 0 bridgehead atoms. The van der Waals surface area contributed by atoms with Crippen molar-refractivity contribution in [3.8, 4) is 0 Å². The highest BCUT2D eigenvalue weighted by molar-refractivity contribution is 5.08. The largest absolute Gasteiger partial charge is 0.396 e. The van der Waals surface area contributed by atoms with E-state index in [4.69, 9.17) is 10.2 Å². The van der Waals surface area contributed by atoms with E-state index in [9.17, 15) is 0 Å². The van der Waals surface area contributed by atoms with Gasteiger partial charge in [-0.2, -0.15) is 5.10 Å². The highest BCUT2D eigenvalue weighted by Crippen LogP contribution is 2.00. The number of nitrogens with zero attached hydrogens (tertiary/aromatic N) is 1. The molecule has 0 atom stereocenters. The number of aliphatic hydroxyl groups excluding tert-OH is 2. The number of rotatable bonds is 4. The van der Waals surface area contributed by atoms with Gasteiger partial charge in [0, 0.05) is 31.7 Å². The molecule has 0 aliphatic rings. The fourth-order valence-electron chi connectivity index (χ4n) is 0.900. The van der Waals surface area contributed by atoms with E-state index in [1.165, 1.54) is 0 Å². The minimum Gasteiger partial charge on any atom is -0.396 e. The molecule has 0 aliphatic heterocycles. The van der Waals surface area contributed by atoms with Gasteiger partial charge in [-0.1, -0.05) is 0 Å². The summed E-state index contributed by atoms with van der Waals surface area (Å²) in [6.45, 7) is 0.240. The maximum Gasteiger partial charge on any atom is 0.0647 e. The Morgan fingerprint density at radius 2 is 2.00 bits per heavy atom. The lowest BCUT2D eigenvalue weighted by Gasteiger charge is -1.87. The molecule has 0 unspecified atom stereocenters. The summed E-state index contributed by atoms with van der Waals surface area (Å²) in [5, 5.41) is 23.8. The second-order valence-electron chi connectivity index (χ2n) is 2.33. The lowest BCUT2D eigenvalue weighted by Crippen LogP contribution is -1.89. The van der Waals surface area contributed by atoms with Gasteiger partial charge in [0.15, 0.2) is 0 Å². The number of H-pyrrole nitrogens is 1. The van der Waals surface area contributed by atoms with Crippen LogP contribution in [0.4, 0.5) is 0 Å². The van der Waals surface area contributed by atoms with Crippen molar-refractivity contribution in [3.63, 3.8) is 0 Å². The highest BCUT2D eigenvalue weighted by atomic mass is 16.3. The zero-order valence-corrected chi connectivity index (χ0v) is 6.25. The molecule has 1 aromatic heterocycles. The summed E-state index contributed by atoms with van der Waals surface area (Å²) in [4.78, 5) is 0. The van der Waals surface area contributed by atoms with Crippen LogP contribution in [0.2, 0.25) is 0 Å². The second-order valence-corrected chi connectivity index (χ2v) is 2.33. The topological polar surface area (TPSA) is 69.1 Å². The second kappa shape index (κ2) is 4.10. The summed E-state index contributed by atoms with van der Waals surface area (Å²) < 4.78 is 0. The Balaban J connectivity index is 2.51. The molecular weight excluding hydrogens is 144 g/mol. The van der Waals surface area contributed by atoms with Crippen LogP contribution in [0.3, 0.4) is 0 Å². The van der Waals surface area contributed by atoms with Gasteiger partial charge in [-0.05, 0) is 6.07 Å². The first-order valence-corrected chi connectivity index (χ1v) is 3.61. The first kappa shape index (κ1) is 8.23. The molecule has 1 heterocycles. The molecule has 62 valence electrons. The van der Waals surface area contributed by atoms with Gasteiger partial charge in [0.1, 0.15) is 0 Å². The van der Waals surface area contributed by atoms with Crippen molar-refractivity contribution in [1.29, 1.82) is 0 Å². The molecule has 0 saturated carbocycles. The molecule has 1 rings (SSSR count). The number of aromatic amines is 1. The molecule has 0 spiro atoms. The van der Waals surface area contributed by atoms with Crippen molar-refractivity contribution < 1.29 is 10.2 Å². The molecule has 1 aromatic rings. The summed E-state index contributed by atoms with van der Waals surface area (Å²) in [5.41, 5.74) is 1.76. The van der Waals surface area contributed by atoms with Crippen molar-refractivity contribution in [2.24, 2.45) is 0 Å². The smallest absolute Gasteiger partial charge is 0.0647 e. The SMILES string of the molecule is OCCc1cc(CCO)[nH]n1. The summed E-state index contributed by atoms with van der Waals surface area (Å²) in [6, 6.07) is 1.85. The molecule has 0 saturated heterocycles. The average Bonchev–Trinajstić information content (AvgIpc) is 2.38. The van der Waals surface area contributed by atoms with Gasteiger partial charge in [-0.3, -0.25) is 5.10 Å². The number of hydrogen-bond donors (Lipinski definition) is 3. The standard InChI is InChI=1S/C7H12N2O2/c10-3-1-6-5-7(2-4-11)9-8-6/h5,10-11H,1-4H2,(H,8,9). The lowest BCUT2D eigenvalue weighted by atomic mass is 10.2. The minimum atomic E-state index is 0.115. The summed E-state index contributed by atoms with van der Waals surface area (Å²) in [6.07, 6.45) is 1.17. The van der Waals surface area contributed by atoms with E-state index in [1.807, 2.05) is 6.07 Å². The van der Waals surface area contributed by atoms with Gasteiger partial charge in [-0.25, -0.2) is 0 Å². The molecule has 0 aliphatic carbocycles. The van der Waals surface area contributed by atoms with E-state index < -0.39 is 0 Å². The third kappa shape index (κ3) is 2.32. The van der Waals surface area contributed by atoms with E-state index in [1.54, 1.807) is 0 Å². The van der Waals surface area contributed by atoms with Crippen molar-refractivity contribution in [1.82, 2.24) is 10.2 Å². The normalized spacial score (nSPS) is 10.4. The molecule has 0 amide bonds. The van der Waals surface area contributed by atoms with Gasteiger partial charge >= 0.3 is 0 Å². The molecule has 3 N–H and O–H groups in total. The van der Waals surface area contributed by atoms with Gasteiger partial charge < -0.3 is 10.2 Å².